The predicted molar refractivity (Wildman–Crippen MR) is 59.1 cm³/mol. The summed E-state index contributed by atoms with van der Waals surface area (Å²) >= 11 is 0. The van der Waals surface area contributed by atoms with E-state index in [1.165, 1.54) is 6.20 Å². The molecule has 5 heteroatoms. The Bertz CT molecular complexity index is 373. The molecule has 1 heterocycles. The highest BCUT2D eigenvalue weighted by molar-refractivity contribution is 5.90. The Morgan fingerprint density at radius 1 is 1.44 bits per heavy atom. The minimum absolute atomic E-state index is 0.0599. The average molecular weight is 222 g/mol. The quantitative estimate of drug-likeness (QED) is 0.790. The summed E-state index contributed by atoms with van der Waals surface area (Å²) < 4.78 is 0. The van der Waals surface area contributed by atoms with Gasteiger partial charge in [-0.3, -0.25) is 14.6 Å². The lowest BCUT2D eigenvalue weighted by Gasteiger charge is -2.04. The topological polar surface area (TPSA) is 79.3 Å². The van der Waals surface area contributed by atoms with Crippen molar-refractivity contribution in [3.05, 3.63) is 24.0 Å². The molecule has 2 N–H and O–H groups in total. The number of aromatic nitrogens is 1. The van der Waals surface area contributed by atoms with Crippen LogP contribution >= 0.6 is 0 Å². The lowest BCUT2D eigenvalue weighted by Crippen LogP contribution is -2.11. The number of hydrogen-bond acceptors (Lipinski definition) is 3. The Balaban J connectivity index is 2.57. The molecular weight excluding hydrogens is 208 g/mol. The third-order valence-corrected chi connectivity index (χ3v) is 1.92. The molecule has 0 atom stereocenters. The predicted octanol–water partition coefficient (Wildman–Crippen LogP) is 1.45. The molecule has 5 nitrogen and oxygen atoms in total. The van der Waals surface area contributed by atoms with Gasteiger partial charge in [-0.15, -0.1) is 0 Å². The number of rotatable bonds is 5. The maximum absolute atomic E-state index is 11.2. The number of carboxylic acid groups (broad SMARTS) is 1. The molecule has 0 saturated carbocycles. The molecule has 0 bridgehead atoms. The molecule has 1 rings (SSSR count). The smallest absolute Gasteiger partial charge is 0.309 e. The molecule has 1 aromatic heterocycles. The highest BCUT2D eigenvalue weighted by atomic mass is 16.4. The van der Waals surface area contributed by atoms with E-state index >= 15 is 0 Å². The second-order valence-electron chi connectivity index (χ2n) is 3.41. The van der Waals surface area contributed by atoms with Crippen LogP contribution in [0.25, 0.3) is 0 Å². The summed E-state index contributed by atoms with van der Waals surface area (Å²) in [4.78, 5) is 25.6. The summed E-state index contributed by atoms with van der Waals surface area (Å²) in [5.74, 6) is -0.981. The van der Waals surface area contributed by atoms with E-state index in [1.807, 2.05) is 6.92 Å². The third-order valence-electron chi connectivity index (χ3n) is 1.92. The number of amides is 1. The highest BCUT2D eigenvalue weighted by Gasteiger charge is 2.03. The number of nitrogens with one attached hydrogen (secondary N) is 1. The second kappa shape index (κ2) is 5.85. The number of nitrogens with zero attached hydrogens (tertiary/aromatic N) is 1. The van der Waals surface area contributed by atoms with E-state index in [4.69, 9.17) is 5.11 Å². The maximum Gasteiger partial charge on any atom is 0.309 e. The number of carbonyl (C=O) groups excluding carboxylic acids is 1. The monoisotopic (exact) mass is 222 g/mol. The Morgan fingerprint density at radius 2 is 2.19 bits per heavy atom. The number of hydrogen-bond donors (Lipinski definition) is 2. The van der Waals surface area contributed by atoms with Crippen LogP contribution in [0.4, 0.5) is 5.69 Å². The number of carbonyl (C=O) groups is 2. The minimum Gasteiger partial charge on any atom is -0.481 e. The fourth-order valence-corrected chi connectivity index (χ4v) is 1.21. The van der Waals surface area contributed by atoms with Gasteiger partial charge in [0.1, 0.15) is 0 Å². The van der Waals surface area contributed by atoms with Gasteiger partial charge in [-0.1, -0.05) is 6.92 Å². The van der Waals surface area contributed by atoms with Crippen molar-refractivity contribution in [2.24, 2.45) is 0 Å². The van der Waals surface area contributed by atoms with Crippen LogP contribution in [0.5, 0.6) is 0 Å². The van der Waals surface area contributed by atoms with Gasteiger partial charge in [0.05, 0.1) is 24.0 Å². The van der Waals surface area contributed by atoms with Crippen LogP contribution in [0.15, 0.2) is 18.3 Å². The molecule has 86 valence electrons. The van der Waals surface area contributed by atoms with Crippen molar-refractivity contribution in [2.45, 2.75) is 26.2 Å². The van der Waals surface area contributed by atoms with Gasteiger partial charge in [0.15, 0.2) is 0 Å². The third kappa shape index (κ3) is 4.08. The van der Waals surface area contributed by atoms with E-state index in [0.29, 0.717) is 17.8 Å². The van der Waals surface area contributed by atoms with Crippen LogP contribution in [0.1, 0.15) is 25.5 Å². The van der Waals surface area contributed by atoms with Gasteiger partial charge in [-0.2, -0.15) is 0 Å². The zero-order chi connectivity index (χ0) is 12.0. The molecule has 0 aromatic carbocycles. The maximum atomic E-state index is 11.2. The normalized spacial score (nSPS) is 9.81. The van der Waals surface area contributed by atoms with Crippen LogP contribution in [0, 0.1) is 0 Å². The molecule has 0 unspecified atom stereocenters. The van der Waals surface area contributed by atoms with Crippen molar-refractivity contribution >= 4 is 17.6 Å². The van der Waals surface area contributed by atoms with Gasteiger partial charge in [0, 0.05) is 6.42 Å². The SMILES string of the molecule is CCCC(=O)Nc1ccc(CC(=O)O)nc1. The van der Waals surface area contributed by atoms with Crippen LogP contribution in [-0.2, 0) is 16.0 Å². The van der Waals surface area contributed by atoms with E-state index in [2.05, 4.69) is 10.3 Å². The van der Waals surface area contributed by atoms with Gasteiger partial charge in [0.2, 0.25) is 5.91 Å². The van der Waals surface area contributed by atoms with Gasteiger partial charge in [0.25, 0.3) is 0 Å². The van der Waals surface area contributed by atoms with Gasteiger partial charge >= 0.3 is 5.97 Å². The van der Waals surface area contributed by atoms with E-state index in [9.17, 15) is 9.59 Å². The number of carboxylic acids is 1. The fraction of sp³-hybridized carbons (Fsp3) is 0.364. The highest BCUT2D eigenvalue weighted by Crippen LogP contribution is 2.07. The molecule has 0 aliphatic rings. The summed E-state index contributed by atoms with van der Waals surface area (Å²) in [6, 6.07) is 3.24. The fourth-order valence-electron chi connectivity index (χ4n) is 1.21. The van der Waals surface area contributed by atoms with Crippen molar-refractivity contribution in [1.82, 2.24) is 4.98 Å². The van der Waals surface area contributed by atoms with Crippen molar-refractivity contribution in [1.29, 1.82) is 0 Å². The number of aliphatic carboxylic acids is 1. The molecule has 0 fully saturated rings. The summed E-state index contributed by atoms with van der Waals surface area (Å²) in [5, 5.41) is 11.2. The Kier molecular flexibility index (Phi) is 4.44. The molecule has 0 aliphatic carbocycles. The van der Waals surface area contributed by atoms with Crippen LogP contribution < -0.4 is 5.32 Å². The van der Waals surface area contributed by atoms with Crippen LogP contribution in [-0.4, -0.2) is 22.0 Å². The molecule has 0 aliphatic heterocycles. The van der Waals surface area contributed by atoms with E-state index in [1.54, 1.807) is 12.1 Å². The van der Waals surface area contributed by atoms with Crippen molar-refractivity contribution in [3.63, 3.8) is 0 Å². The first kappa shape index (κ1) is 12.2. The van der Waals surface area contributed by atoms with Crippen LogP contribution in [0.3, 0.4) is 0 Å². The lowest BCUT2D eigenvalue weighted by molar-refractivity contribution is -0.136. The molecule has 0 saturated heterocycles. The van der Waals surface area contributed by atoms with Crippen molar-refractivity contribution in [3.8, 4) is 0 Å². The van der Waals surface area contributed by atoms with Gasteiger partial charge < -0.3 is 10.4 Å². The first-order valence-corrected chi connectivity index (χ1v) is 5.08. The molecule has 1 aromatic rings. The average Bonchev–Trinajstić information content (AvgIpc) is 2.20. The minimum atomic E-state index is -0.921. The summed E-state index contributed by atoms with van der Waals surface area (Å²) in [5.41, 5.74) is 1.06. The zero-order valence-corrected chi connectivity index (χ0v) is 9.06. The summed E-state index contributed by atoms with van der Waals surface area (Å²) in [6.45, 7) is 1.92. The van der Waals surface area contributed by atoms with Crippen LogP contribution in [0.2, 0.25) is 0 Å². The largest absolute Gasteiger partial charge is 0.481 e. The molecule has 0 spiro atoms. The molecule has 0 radical (unpaired) electrons. The molecule has 1 amide bonds. The first-order chi connectivity index (χ1) is 7.61. The van der Waals surface area contributed by atoms with Crippen molar-refractivity contribution < 1.29 is 14.7 Å². The molecular formula is C11H14N2O3. The van der Waals surface area contributed by atoms with Crippen molar-refractivity contribution in [2.75, 3.05) is 5.32 Å². The van der Waals surface area contributed by atoms with E-state index in [-0.39, 0.29) is 12.3 Å². The number of anilines is 1. The standard InChI is InChI=1S/C11H14N2O3/c1-2-3-10(14)13-9-5-4-8(12-7-9)6-11(15)16/h4-5,7H,2-3,6H2,1H3,(H,13,14)(H,15,16). The van der Waals surface area contributed by atoms with Gasteiger partial charge in [-0.25, -0.2) is 0 Å². The van der Waals surface area contributed by atoms with E-state index in [0.717, 1.165) is 6.42 Å². The first-order valence-electron chi connectivity index (χ1n) is 5.08. The van der Waals surface area contributed by atoms with Gasteiger partial charge in [-0.05, 0) is 18.6 Å². The van der Waals surface area contributed by atoms with E-state index < -0.39 is 5.97 Å². The zero-order valence-electron chi connectivity index (χ0n) is 9.06. The summed E-state index contributed by atoms with van der Waals surface area (Å²) in [7, 11) is 0. The Labute approximate surface area is 93.5 Å². The molecule has 16 heavy (non-hydrogen) atoms. The summed E-state index contributed by atoms with van der Waals surface area (Å²) in [6.07, 6.45) is 2.61. The number of pyridine rings is 1. The Morgan fingerprint density at radius 3 is 2.69 bits per heavy atom. The second-order valence-corrected chi connectivity index (χ2v) is 3.41. The Hall–Kier alpha value is -1.91. The lowest BCUT2D eigenvalue weighted by atomic mass is 10.2.